The lowest BCUT2D eigenvalue weighted by Gasteiger charge is -2.22. The fourth-order valence-corrected chi connectivity index (χ4v) is 1.64. The first kappa shape index (κ1) is 11.6. The Balaban J connectivity index is 2.20. The number of aromatic amines is 1. The van der Waals surface area contributed by atoms with E-state index in [1.165, 1.54) is 6.07 Å². The number of hydrogen-bond donors (Lipinski definition) is 1. The summed E-state index contributed by atoms with van der Waals surface area (Å²) in [5.74, 6) is -1.66. The molecule has 2 aromatic rings. The molecule has 0 saturated carbocycles. The summed E-state index contributed by atoms with van der Waals surface area (Å²) < 4.78 is 26.0. The monoisotopic (exact) mass is 237 g/mol. The molecular formula is C12H13F2N3. The average Bonchev–Trinajstić information content (AvgIpc) is 2.82. The van der Waals surface area contributed by atoms with Crippen LogP contribution in [0.15, 0.2) is 30.7 Å². The molecule has 0 bridgehead atoms. The number of aromatic nitrogens is 2. The fourth-order valence-electron chi connectivity index (χ4n) is 1.64. The summed E-state index contributed by atoms with van der Waals surface area (Å²) in [6.07, 6.45) is 3.30. The Kier molecular flexibility index (Phi) is 3.37. The van der Waals surface area contributed by atoms with E-state index in [4.69, 9.17) is 0 Å². The zero-order valence-electron chi connectivity index (χ0n) is 9.45. The lowest BCUT2D eigenvalue weighted by atomic mass is 10.2. The van der Waals surface area contributed by atoms with Crippen LogP contribution in [-0.4, -0.2) is 16.5 Å². The maximum atomic E-state index is 13.1. The Hall–Kier alpha value is -1.91. The molecule has 3 nitrogen and oxygen atoms in total. The molecular weight excluding hydrogens is 224 g/mol. The topological polar surface area (TPSA) is 31.9 Å². The summed E-state index contributed by atoms with van der Waals surface area (Å²) in [4.78, 5) is 8.82. The zero-order chi connectivity index (χ0) is 12.3. The van der Waals surface area contributed by atoms with Gasteiger partial charge in [-0.3, -0.25) is 0 Å². The molecule has 0 unspecified atom stereocenters. The molecule has 0 aliphatic rings. The summed E-state index contributed by atoms with van der Waals surface area (Å²) >= 11 is 0. The number of anilines is 1. The van der Waals surface area contributed by atoms with Gasteiger partial charge in [0.1, 0.15) is 0 Å². The van der Waals surface area contributed by atoms with Gasteiger partial charge in [0, 0.05) is 24.5 Å². The minimum absolute atomic E-state index is 0.585. The van der Waals surface area contributed by atoms with Gasteiger partial charge in [-0.2, -0.15) is 0 Å². The van der Waals surface area contributed by atoms with Crippen molar-refractivity contribution in [3.8, 4) is 0 Å². The third kappa shape index (κ3) is 2.61. The van der Waals surface area contributed by atoms with Gasteiger partial charge in [0.2, 0.25) is 0 Å². The second kappa shape index (κ2) is 4.95. The van der Waals surface area contributed by atoms with Crippen molar-refractivity contribution in [1.29, 1.82) is 0 Å². The van der Waals surface area contributed by atoms with E-state index in [-0.39, 0.29) is 0 Å². The first-order valence-corrected chi connectivity index (χ1v) is 5.38. The fraction of sp³-hybridized carbons (Fsp3) is 0.250. The number of H-pyrrole nitrogens is 1. The SMILES string of the molecule is CCN(Cc1cnc[nH]1)c1ccc(F)c(F)c1. The number of hydrogen-bond acceptors (Lipinski definition) is 2. The third-order valence-electron chi connectivity index (χ3n) is 2.57. The number of benzene rings is 1. The number of rotatable bonds is 4. The van der Waals surface area contributed by atoms with Crippen molar-refractivity contribution < 1.29 is 8.78 Å². The molecule has 1 aromatic carbocycles. The van der Waals surface area contributed by atoms with Crippen molar-refractivity contribution in [2.75, 3.05) is 11.4 Å². The third-order valence-corrected chi connectivity index (χ3v) is 2.57. The Morgan fingerprint density at radius 1 is 1.29 bits per heavy atom. The van der Waals surface area contributed by atoms with Gasteiger partial charge in [-0.15, -0.1) is 0 Å². The lowest BCUT2D eigenvalue weighted by molar-refractivity contribution is 0.508. The molecule has 17 heavy (non-hydrogen) atoms. The number of halogens is 2. The smallest absolute Gasteiger partial charge is 0.160 e. The van der Waals surface area contributed by atoms with Crippen molar-refractivity contribution in [2.24, 2.45) is 0 Å². The van der Waals surface area contributed by atoms with Crippen LogP contribution in [0.1, 0.15) is 12.6 Å². The quantitative estimate of drug-likeness (QED) is 0.886. The Morgan fingerprint density at radius 3 is 2.71 bits per heavy atom. The van der Waals surface area contributed by atoms with Crippen molar-refractivity contribution in [3.05, 3.63) is 48.1 Å². The molecule has 1 heterocycles. The summed E-state index contributed by atoms with van der Waals surface area (Å²) in [5.41, 5.74) is 1.58. The van der Waals surface area contributed by atoms with Crippen molar-refractivity contribution in [1.82, 2.24) is 9.97 Å². The van der Waals surface area contributed by atoms with Gasteiger partial charge in [0.05, 0.1) is 18.6 Å². The van der Waals surface area contributed by atoms with E-state index >= 15 is 0 Å². The predicted molar refractivity (Wildman–Crippen MR) is 61.7 cm³/mol. The van der Waals surface area contributed by atoms with Crippen molar-refractivity contribution >= 4 is 5.69 Å². The summed E-state index contributed by atoms with van der Waals surface area (Å²) in [6, 6.07) is 3.91. The van der Waals surface area contributed by atoms with Crippen LogP contribution in [0.3, 0.4) is 0 Å². The van der Waals surface area contributed by atoms with E-state index in [2.05, 4.69) is 9.97 Å². The van der Waals surface area contributed by atoms with E-state index < -0.39 is 11.6 Å². The maximum absolute atomic E-state index is 13.1. The standard InChI is InChI=1S/C12H13F2N3/c1-2-17(7-9-6-15-8-16-9)10-3-4-11(13)12(14)5-10/h3-6,8H,2,7H2,1H3,(H,15,16). The average molecular weight is 237 g/mol. The highest BCUT2D eigenvalue weighted by molar-refractivity contribution is 5.46. The van der Waals surface area contributed by atoms with Crippen LogP contribution in [0.25, 0.3) is 0 Å². The normalized spacial score (nSPS) is 10.5. The van der Waals surface area contributed by atoms with E-state index in [1.54, 1.807) is 18.6 Å². The Bertz CT molecular complexity index is 483. The van der Waals surface area contributed by atoms with Crippen LogP contribution >= 0.6 is 0 Å². The molecule has 2 rings (SSSR count). The number of nitrogens with zero attached hydrogens (tertiary/aromatic N) is 2. The molecule has 1 aromatic heterocycles. The lowest BCUT2D eigenvalue weighted by Crippen LogP contribution is -2.22. The van der Waals surface area contributed by atoms with Gasteiger partial charge < -0.3 is 9.88 Å². The van der Waals surface area contributed by atoms with Gasteiger partial charge in [-0.1, -0.05) is 0 Å². The highest BCUT2D eigenvalue weighted by Gasteiger charge is 2.09. The second-order valence-corrected chi connectivity index (χ2v) is 3.69. The molecule has 5 heteroatoms. The van der Waals surface area contributed by atoms with Gasteiger partial charge in [0.25, 0.3) is 0 Å². The first-order chi connectivity index (χ1) is 8.20. The maximum Gasteiger partial charge on any atom is 0.160 e. The first-order valence-electron chi connectivity index (χ1n) is 5.38. The van der Waals surface area contributed by atoms with Crippen LogP contribution in [0, 0.1) is 11.6 Å². The van der Waals surface area contributed by atoms with E-state index in [1.807, 2.05) is 11.8 Å². The van der Waals surface area contributed by atoms with Gasteiger partial charge >= 0.3 is 0 Å². The van der Waals surface area contributed by atoms with Crippen LogP contribution in [0.5, 0.6) is 0 Å². The van der Waals surface area contributed by atoms with Crippen molar-refractivity contribution in [2.45, 2.75) is 13.5 Å². The van der Waals surface area contributed by atoms with Gasteiger partial charge in [0.15, 0.2) is 11.6 Å². The summed E-state index contributed by atoms with van der Waals surface area (Å²) in [5, 5.41) is 0. The second-order valence-electron chi connectivity index (χ2n) is 3.69. The molecule has 0 atom stereocenters. The molecule has 0 amide bonds. The summed E-state index contributed by atoms with van der Waals surface area (Å²) in [7, 11) is 0. The van der Waals surface area contributed by atoms with Crippen LogP contribution < -0.4 is 4.90 Å². The van der Waals surface area contributed by atoms with E-state index in [0.717, 1.165) is 11.8 Å². The molecule has 0 radical (unpaired) electrons. The van der Waals surface area contributed by atoms with Crippen LogP contribution in [-0.2, 0) is 6.54 Å². The number of imidazole rings is 1. The molecule has 0 saturated heterocycles. The molecule has 0 aliphatic carbocycles. The Morgan fingerprint density at radius 2 is 2.12 bits per heavy atom. The molecule has 0 aliphatic heterocycles. The molecule has 1 N–H and O–H groups in total. The summed E-state index contributed by atoms with van der Waals surface area (Å²) in [6.45, 7) is 3.24. The van der Waals surface area contributed by atoms with Gasteiger partial charge in [-0.25, -0.2) is 13.8 Å². The van der Waals surface area contributed by atoms with E-state index in [9.17, 15) is 8.78 Å². The highest BCUT2D eigenvalue weighted by atomic mass is 19.2. The van der Waals surface area contributed by atoms with Crippen LogP contribution in [0.4, 0.5) is 14.5 Å². The molecule has 0 fully saturated rings. The van der Waals surface area contributed by atoms with Gasteiger partial charge in [-0.05, 0) is 19.1 Å². The number of nitrogens with one attached hydrogen (secondary N) is 1. The van der Waals surface area contributed by atoms with E-state index in [0.29, 0.717) is 18.8 Å². The molecule has 0 spiro atoms. The van der Waals surface area contributed by atoms with Crippen molar-refractivity contribution in [3.63, 3.8) is 0 Å². The largest absolute Gasteiger partial charge is 0.366 e. The van der Waals surface area contributed by atoms with Crippen LogP contribution in [0.2, 0.25) is 0 Å². The zero-order valence-corrected chi connectivity index (χ0v) is 9.45. The minimum Gasteiger partial charge on any atom is -0.366 e. The molecule has 90 valence electrons. The minimum atomic E-state index is -0.828. The Labute approximate surface area is 98.1 Å². The highest BCUT2D eigenvalue weighted by Crippen LogP contribution is 2.19. The predicted octanol–water partition coefficient (Wildman–Crippen LogP) is 2.71.